The minimum atomic E-state index is 0.605. The molecule has 1 N–H and O–H groups in total. The first-order chi connectivity index (χ1) is 12.7. The van der Waals surface area contributed by atoms with E-state index in [0.29, 0.717) is 5.92 Å². The maximum absolute atomic E-state index is 4.49. The van der Waals surface area contributed by atoms with E-state index in [2.05, 4.69) is 68.2 Å². The van der Waals surface area contributed by atoms with Gasteiger partial charge in [-0.1, -0.05) is 18.2 Å². The van der Waals surface area contributed by atoms with Gasteiger partial charge in [-0.3, -0.25) is 10.00 Å². The molecule has 1 saturated heterocycles. The van der Waals surface area contributed by atoms with Crippen molar-refractivity contribution in [2.45, 2.75) is 25.8 Å². The zero-order chi connectivity index (χ0) is 17.7. The average molecular weight is 345 g/mol. The van der Waals surface area contributed by atoms with Crippen LogP contribution in [0.2, 0.25) is 0 Å². The molecule has 0 amide bonds. The molecule has 0 bridgehead atoms. The molecule has 1 atom stereocenters. The number of nitrogens with zero attached hydrogens (tertiary/aromatic N) is 4. The first-order valence-electron chi connectivity index (χ1n) is 9.25. The number of rotatable bonds is 3. The number of H-pyrrole nitrogens is 1. The number of hydrogen-bond donors (Lipinski definition) is 1. The van der Waals surface area contributed by atoms with Gasteiger partial charge in [0.15, 0.2) is 5.65 Å². The summed E-state index contributed by atoms with van der Waals surface area (Å²) in [7, 11) is 2.15. The summed E-state index contributed by atoms with van der Waals surface area (Å²) >= 11 is 0. The van der Waals surface area contributed by atoms with Crippen LogP contribution in [0.25, 0.3) is 21.9 Å². The van der Waals surface area contributed by atoms with Gasteiger partial charge in [-0.05, 0) is 49.1 Å². The van der Waals surface area contributed by atoms with E-state index >= 15 is 0 Å². The minimum absolute atomic E-state index is 0.605. The van der Waals surface area contributed by atoms with Gasteiger partial charge in [-0.15, -0.1) is 0 Å². The Bertz CT molecular complexity index is 1090. The predicted molar refractivity (Wildman–Crippen MR) is 104 cm³/mol. The molecular formula is C21H23N5. The lowest BCUT2D eigenvalue weighted by Gasteiger charge is -2.16. The lowest BCUT2D eigenvalue weighted by molar-refractivity contribution is 0.327. The number of para-hydroxylation sites is 1. The van der Waals surface area contributed by atoms with Gasteiger partial charge in [-0.2, -0.15) is 5.10 Å². The highest BCUT2D eigenvalue weighted by Crippen LogP contribution is 2.34. The molecule has 4 aromatic rings. The smallest absolute Gasteiger partial charge is 0.181 e. The van der Waals surface area contributed by atoms with Gasteiger partial charge in [0.25, 0.3) is 0 Å². The maximum atomic E-state index is 4.49. The largest absolute Gasteiger partial charge is 0.350 e. The minimum Gasteiger partial charge on any atom is -0.350 e. The molecule has 4 heterocycles. The van der Waals surface area contributed by atoms with Crippen molar-refractivity contribution in [2.75, 3.05) is 13.1 Å². The Morgan fingerprint density at radius 1 is 1.23 bits per heavy atom. The third kappa shape index (κ3) is 2.51. The van der Waals surface area contributed by atoms with E-state index in [4.69, 9.17) is 0 Å². The van der Waals surface area contributed by atoms with E-state index in [0.717, 1.165) is 36.4 Å². The molecule has 1 aliphatic heterocycles. The van der Waals surface area contributed by atoms with Crippen LogP contribution in [0.15, 0.2) is 42.7 Å². The molecule has 0 saturated carbocycles. The van der Waals surface area contributed by atoms with E-state index in [9.17, 15) is 0 Å². The van der Waals surface area contributed by atoms with E-state index in [1.165, 1.54) is 28.5 Å². The Morgan fingerprint density at radius 3 is 3.04 bits per heavy atom. The molecule has 1 fully saturated rings. The number of aryl methyl sites for hydroxylation is 2. The summed E-state index contributed by atoms with van der Waals surface area (Å²) < 4.78 is 2.26. The van der Waals surface area contributed by atoms with Gasteiger partial charge in [0.05, 0.1) is 0 Å². The number of benzene rings is 1. The molecule has 1 aliphatic rings. The van der Waals surface area contributed by atoms with E-state index in [1.807, 2.05) is 13.1 Å². The van der Waals surface area contributed by atoms with Crippen LogP contribution in [0.1, 0.15) is 29.2 Å². The Balaban J connectivity index is 1.37. The van der Waals surface area contributed by atoms with Gasteiger partial charge >= 0.3 is 0 Å². The van der Waals surface area contributed by atoms with Gasteiger partial charge < -0.3 is 4.57 Å². The van der Waals surface area contributed by atoms with E-state index < -0.39 is 0 Å². The Morgan fingerprint density at radius 2 is 2.12 bits per heavy atom. The van der Waals surface area contributed by atoms with Crippen molar-refractivity contribution in [3.05, 3.63) is 59.5 Å². The highest BCUT2D eigenvalue weighted by atomic mass is 15.2. The number of aromatic nitrogens is 4. The highest BCUT2D eigenvalue weighted by Gasteiger charge is 2.26. The fourth-order valence-electron chi connectivity index (χ4n) is 4.34. The van der Waals surface area contributed by atoms with Crippen LogP contribution in [0.5, 0.6) is 0 Å². The number of aromatic amines is 1. The van der Waals surface area contributed by atoms with Gasteiger partial charge in [-0.25, -0.2) is 4.98 Å². The third-order valence-electron chi connectivity index (χ3n) is 5.70. The van der Waals surface area contributed by atoms with Crippen LogP contribution in [-0.4, -0.2) is 37.7 Å². The van der Waals surface area contributed by atoms with Crippen molar-refractivity contribution in [1.82, 2.24) is 24.6 Å². The fourth-order valence-corrected chi connectivity index (χ4v) is 4.34. The maximum Gasteiger partial charge on any atom is 0.181 e. The number of fused-ring (bicyclic) bond motifs is 2. The molecule has 0 radical (unpaired) electrons. The molecule has 132 valence electrons. The molecule has 5 nitrogen and oxygen atoms in total. The number of likely N-dealkylation sites (tertiary alicyclic amines) is 1. The van der Waals surface area contributed by atoms with Crippen molar-refractivity contribution in [2.24, 2.45) is 7.05 Å². The van der Waals surface area contributed by atoms with Crippen molar-refractivity contribution < 1.29 is 0 Å². The van der Waals surface area contributed by atoms with Crippen LogP contribution in [-0.2, 0) is 13.6 Å². The third-order valence-corrected chi connectivity index (χ3v) is 5.70. The molecule has 5 rings (SSSR count). The number of hydrogen-bond acceptors (Lipinski definition) is 3. The first kappa shape index (κ1) is 15.6. The summed E-state index contributed by atoms with van der Waals surface area (Å²) in [5, 5.41) is 9.77. The van der Waals surface area contributed by atoms with E-state index in [1.54, 1.807) is 0 Å². The quantitative estimate of drug-likeness (QED) is 0.615. The molecular weight excluding hydrogens is 322 g/mol. The van der Waals surface area contributed by atoms with Crippen molar-refractivity contribution in [1.29, 1.82) is 0 Å². The van der Waals surface area contributed by atoms with Crippen molar-refractivity contribution in [3.8, 4) is 0 Å². The predicted octanol–water partition coefficient (Wildman–Crippen LogP) is 3.75. The van der Waals surface area contributed by atoms with Crippen molar-refractivity contribution in [3.63, 3.8) is 0 Å². The topological polar surface area (TPSA) is 49.7 Å². The molecule has 0 spiro atoms. The summed E-state index contributed by atoms with van der Waals surface area (Å²) in [5.74, 6) is 0.605. The van der Waals surface area contributed by atoms with Crippen molar-refractivity contribution >= 4 is 21.9 Å². The van der Waals surface area contributed by atoms with Crippen LogP contribution < -0.4 is 0 Å². The Hall–Kier alpha value is -2.66. The summed E-state index contributed by atoms with van der Waals surface area (Å²) in [5.41, 5.74) is 5.97. The molecule has 0 aliphatic carbocycles. The lowest BCUT2D eigenvalue weighted by Crippen LogP contribution is -2.19. The number of pyridine rings is 1. The Labute approximate surface area is 152 Å². The first-order valence-corrected chi connectivity index (χ1v) is 9.25. The molecule has 3 aromatic heterocycles. The summed E-state index contributed by atoms with van der Waals surface area (Å²) in [4.78, 5) is 7.04. The summed E-state index contributed by atoms with van der Waals surface area (Å²) in [6.07, 6.45) is 5.50. The molecule has 5 heteroatoms. The summed E-state index contributed by atoms with van der Waals surface area (Å²) in [6.45, 7) is 5.24. The highest BCUT2D eigenvalue weighted by molar-refractivity contribution is 5.84. The van der Waals surface area contributed by atoms with Crippen LogP contribution in [0.4, 0.5) is 0 Å². The van der Waals surface area contributed by atoms with Gasteiger partial charge in [0.1, 0.15) is 0 Å². The monoisotopic (exact) mass is 345 g/mol. The van der Waals surface area contributed by atoms with Crippen LogP contribution in [0, 0.1) is 6.92 Å². The normalized spacial score (nSPS) is 18.3. The zero-order valence-corrected chi connectivity index (χ0v) is 15.2. The van der Waals surface area contributed by atoms with Crippen LogP contribution >= 0.6 is 0 Å². The molecule has 1 aromatic carbocycles. The van der Waals surface area contributed by atoms with Crippen LogP contribution in [0.3, 0.4) is 0 Å². The van der Waals surface area contributed by atoms with Gasteiger partial charge in [0, 0.05) is 54.5 Å². The second-order valence-electron chi connectivity index (χ2n) is 7.50. The van der Waals surface area contributed by atoms with E-state index in [-0.39, 0.29) is 0 Å². The van der Waals surface area contributed by atoms with Gasteiger partial charge in [0.2, 0.25) is 0 Å². The lowest BCUT2D eigenvalue weighted by atomic mass is 9.98. The number of nitrogens with one attached hydrogen (secondary N) is 1. The second-order valence-corrected chi connectivity index (χ2v) is 7.50. The molecule has 1 unspecified atom stereocenters. The fraction of sp³-hybridized carbons (Fsp3) is 0.333. The zero-order valence-electron chi connectivity index (χ0n) is 15.2. The molecule has 26 heavy (non-hydrogen) atoms. The average Bonchev–Trinajstić information content (AvgIpc) is 3.35. The summed E-state index contributed by atoms with van der Waals surface area (Å²) in [6, 6.07) is 11.0. The Kier molecular flexibility index (Phi) is 3.57. The second kappa shape index (κ2) is 5.95. The standard InChI is InChI=1S/C21H23N5/c1-14-18-9-15(10-22-21(18)24-23-14)11-26-8-7-16(12-26)19-13-25(2)20-6-4-3-5-17(19)20/h3-6,9-10,13,16H,7-8,11-12H2,1-2H3,(H,22,23,24). The SMILES string of the molecule is Cc1[nH]nc2ncc(CN3CCC(c4cn(C)c5ccccc45)C3)cc12.